The number of benzene rings is 1. The lowest BCUT2D eigenvalue weighted by Gasteiger charge is -2.44. The topological polar surface area (TPSA) is 116 Å². The molecule has 0 amide bonds. The molecule has 0 aliphatic heterocycles. The fraction of sp³-hybridized carbons (Fsp3) is 0.600. The van der Waals surface area contributed by atoms with Gasteiger partial charge in [-0.25, -0.2) is 9.59 Å². The van der Waals surface area contributed by atoms with Crippen LogP contribution in [-0.2, 0) is 28.6 Å². The number of ether oxygens (including phenoxy) is 2. The molecule has 9 heteroatoms. The highest BCUT2D eigenvalue weighted by Gasteiger charge is 2.55. The highest BCUT2D eigenvalue weighted by Crippen LogP contribution is 2.41. The second kappa shape index (κ2) is 9.23. The summed E-state index contributed by atoms with van der Waals surface area (Å²) in [7, 11) is -2.91. The highest BCUT2D eigenvalue weighted by atomic mass is 32.2. The number of aliphatic hydroxyl groups excluding tert-OH is 1. The quantitative estimate of drug-likeness (QED) is 0.517. The summed E-state index contributed by atoms with van der Waals surface area (Å²) in [5.74, 6) is -1.95. The van der Waals surface area contributed by atoms with Crippen molar-refractivity contribution in [2.24, 2.45) is 11.8 Å². The van der Waals surface area contributed by atoms with Crippen LogP contribution in [0.5, 0.6) is 0 Å². The van der Waals surface area contributed by atoms with Gasteiger partial charge in [-0.05, 0) is 36.8 Å². The number of carbonyl (C=O) groups excluding carboxylic acids is 2. The van der Waals surface area contributed by atoms with Crippen LogP contribution in [0.4, 0.5) is 0 Å². The molecule has 1 aliphatic carbocycles. The predicted molar refractivity (Wildman–Crippen MR) is 105 cm³/mol. The average Bonchev–Trinajstić information content (AvgIpc) is 2.63. The van der Waals surface area contributed by atoms with Gasteiger partial charge in [-0.3, -0.25) is 4.18 Å². The molecule has 1 aromatic carbocycles. The Kier molecular flexibility index (Phi) is 7.42. The van der Waals surface area contributed by atoms with Crippen molar-refractivity contribution in [3.63, 3.8) is 0 Å². The number of hydrogen-bond acceptors (Lipinski definition) is 8. The molecule has 0 bridgehead atoms. The minimum absolute atomic E-state index is 0.0640. The molecule has 0 radical (unpaired) electrons. The van der Waals surface area contributed by atoms with E-state index in [2.05, 4.69) is 0 Å². The number of hydrogen-bond donors (Lipinski definition) is 1. The Morgan fingerprint density at radius 3 is 2.34 bits per heavy atom. The maximum Gasteiger partial charge on any atom is 0.339 e. The van der Waals surface area contributed by atoms with Crippen LogP contribution in [0.1, 0.15) is 43.5 Å². The first-order valence-corrected chi connectivity index (χ1v) is 11.2. The van der Waals surface area contributed by atoms with Crippen LogP contribution >= 0.6 is 0 Å². The van der Waals surface area contributed by atoms with Crippen LogP contribution in [-0.4, -0.2) is 56.6 Å². The normalized spacial score (nSPS) is 27.4. The van der Waals surface area contributed by atoms with Gasteiger partial charge in [0.15, 0.2) is 5.60 Å². The molecule has 29 heavy (non-hydrogen) atoms. The summed E-state index contributed by atoms with van der Waals surface area (Å²) in [4.78, 5) is 25.1. The van der Waals surface area contributed by atoms with E-state index in [0.29, 0.717) is 6.42 Å². The van der Waals surface area contributed by atoms with Gasteiger partial charge in [0.2, 0.25) is 0 Å². The van der Waals surface area contributed by atoms with Gasteiger partial charge in [0.05, 0.1) is 25.0 Å². The molecule has 4 atom stereocenters. The molecule has 0 aromatic heterocycles. The van der Waals surface area contributed by atoms with Crippen LogP contribution in [0.25, 0.3) is 0 Å². The van der Waals surface area contributed by atoms with E-state index in [-0.39, 0.29) is 24.3 Å². The zero-order valence-corrected chi connectivity index (χ0v) is 17.8. The first-order chi connectivity index (χ1) is 13.5. The van der Waals surface area contributed by atoms with Crippen molar-refractivity contribution in [1.29, 1.82) is 0 Å². The standard InChI is InChI=1S/C20H28O8S/c1-13(2)10-15-11-20(19(23)26-3,28-29(4,24)25)12-16(17(15)21)27-18(22)14-8-6-5-7-9-14/h5-9,13,15-17,21H,10-12H2,1-4H3/t15-,16+,17-,20+/m0/s1. The van der Waals surface area contributed by atoms with Gasteiger partial charge in [0.25, 0.3) is 10.1 Å². The second-order valence-electron chi connectivity index (χ2n) is 7.87. The van der Waals surface area contributed by atoms with Gasteiger partial charge in [-0.15, -0.1) is 0 Å². The summed E-state index contributed by atoms with van der Waals surface area (Å²) in [5, 5.41) is 10.8. The van der Waals surface area contributed by atoms with E-state index >= 15 is 0 Å². The second-order valence-corrected chi connectivity index (χ2v) is 9.45. The van der Waals surface area contributed by atoms with Crippen molar-refractivity contribution in [2.45, 2.75) is 50.9 Å². The van der Waals surface area contributed by atoms with Crippen molar-refractivity contribution in [1.82, 2.24) is 0 Å². The summed E-state index contributed by atoms with van der Waals surface area (Å²) in [6, 6.07) is 8.20. The number of methoxy groups -OCH3 is 1. The minimum Gasteiger partial charge on any atom is -0.467 e. The Morgan fingerprint density at radius 1 is 1.21 bits per heavy atom. The molecule has 0 heterocycles. The van der Waals surface area contributed by atoms with Gasteiger partial charge in [-0.2, -0.15) is 8.42 Å². The van der Waals surface area contributed by atoms with Crippen LogP contribution in [0.3, 0.4) is 0 Å². The number of esters is 2. The van der Waals surface area contributed by atoms with Crippen molar-refractivity contribution >= 4 is 22.1 Å². The zero-order valence-electron chi connectivity index (χ0n) is 17.0. The first kappa shape index (κ1) is 23.3. The van der Waals surface area contributed by atoms with E-state index in [1.165, 1.54) is 0 Å². The molecule has 8 nitrogen and oxygen atoms in total. The molecule has 162 valence electrons. The molecule has 0 spiro atoms. The van der Waals surface area contributed by atoms with E-state index < -0.39 is 45.8 Å². The molecule has 0 unspecified atom stereocenters. The van der Waals surface area contributed by atoms with E-state index in [4.69, 9.17) is 13.7 Å². The first-order valence-electron chi connectivity index (χ1n) is 9.40. The summed E-state index contributed by atoms with van der Waals surface area (Å²) in [5.41, 5.74) is -1.60. The van der Waals surface area contributed by atoms with Gasteiger partial charge in [0.1, 0.15) is 6.10 Å². The van der Waals surface area contributed by atoms with E-state index in [1.807, 2.05) is 13.8 Å². The Morgan fingerprint density at radius 2 is 1.83 bits per heavy atom. The van der Waals surface area contributed by atoms with Crippen LogP contribution in [0.15, 0.2) is 30.3 Å². The minimum atomic E-state index is -4.03. The third kappa shape index (κ3) is 6.01. The Hall–Kier alpha value is -1.97. The molecular formula is C20H28O8S. The fourth-order valence-corrected chi connectivity index (χ4v) is 4.62. The average molecular weight is 429 g/mol. The lowest BCUT2D eigenvalue weighted by atomic mass is 9.72. The van der Waals surface area contributed by atoms with E-state index in [1.54, 1.807) is 30.3 Å². The predicted octanol–water partition coefficient (Wildman–Crippen LogP) is 1.92. The molecule has 1 fully saturated rings. The summed E-state index contributed by atoms with van der Waals surface area (Å²) >= 11 is 0. The highest BCUT2D eigenvalue weighted by molar-refractivity contribution is 7.86. The van der Waals surface area contributed by atoms with Crippen molar-refractivity contribution in [3.05, 3.63) is 35.9 Å². The van der Waals surface area contributed by atoms with Crippen molar-refractivity contribution in [2.75, 3.05) is 13.4 Å². The van der Waals surface area contributed by atoms with Gasteiger partial charge >= 0.3 is 11.9 Å². The smallest absolute Gasteiger partial charge is 0.339 e. The number of carbonyl (C=O) groups is 2. The summed E-state index contributed by atoms with van der Waals surface area (Å²) in [6.07, 6.45) is -1.29. The van der Waals surface area contributed by atoms with Crippen molar-refractivity contribution < 1.29 is 36.8 Å². The molecule has 1 aliphatic rings. The lowest BCUT2D eigenvalue weighted by Crippen LogP contribution is -2.57. The third-order valence-electron chi connectivity index (χ3n) is 4.90. The summed E-state index contributed by atoms with van der Waals surface area (Å²) < 4.78 is 39.3. The molecule has 1 saturated carbocycles. The largest absolute Gasteiger partial charge is 0.467 e. The number of rotatable bonds is 7. The molecular weight excluding hydrogens is 400 g/mol. The zero-order chi connectivity index (χ0) is 21.8. The van der Waals surface area contributed by atoms with Crippen LogP contribution in [0.2, 0.25) is 0 Å². The van der Waals surface area contributed by atoms with Crippen LogP contribution in [0, 0.1) is 11.8 Å². The van der Waals surface area contributed by atoms with Gasteiger partial charge < -0.3 is 14.6 Å². The maximum absolute atomic E-state index is 12.6. The lowest BCUT2D eigenvalue weighted by molar-refractivity contribution is -0.177. The van der Waals surface area contributed by atoms with Gasteiger partial charge in [0, 0.05) is 6.42 Å². The van der Waals surface area contributed by atoms with E-state index in [0.717, 1.165) is 13.4 Å². The van der Waals surface area contributed by atoms with Crippen molar-refractivity contribution in [3.8, 4) is 0 Å². The monoisotopic (exact) mass is 428 g/mol. The fourth-order valence-electron chi connectivity index (χ4n) is 3.84. The Bertz CT molecular complexity index is 820. The summed E-state index contributed by atoms with van der Waals surface area (Å²) in [6.45, 7) is 3.87. The van der Waals surface area contributed by atoms with Gasteiger partial charge in [-0.1, -0.05) is 32.0 Å². The Balaban J connectivity index is 2.39. The molecule has 1 aromatic rings. The maximum atomic E-state index is 12.6. The molecule has 2 rings (SSSR count). The van der Waals surface area contributed by atoms with Crippen LogP contribution < -0.4 is 0 Å². The van der Waals surface area contributed by atoms with E-state index in [9.17, 15) is 23.1 Å². The molecule has 1 N–H and O–H groups in total. The molecule has 0 saturated heterocycles. The number of aliphatic hydroxyl groups is 1. The SMILES string of the molecule is COC(=O)[C@@]1(OS(C)(=O)=O)C[C@H](CC(C)C)[C@H](O)[C@H](OC(=O)c2ccccc2)C1. The Labute approximate surface area is 171 Å². The third-order valence-corrected chi connectivity index (χ3v) is 5.52.